The van der Waals surface area contributed by atoms with E-state index in [9.17, 15) is 0 Å². The predicted octanol–water partition coefficient (Wildman–Crippen LogP) is 2.98. The highest BCUT2D eigenvalue weighted by atomic mass is 16.5. The van der Waals surface area contributed by atoms with Crippen LogP contribution in [0.15, 0.2) is 29.0 Å². The first-order valence-corrected chi connectivity index (χ1v) is 7.89. The van der Waals surface area contributed by atoms with Crippen molar-refractivity contribution in [2.24, 2.45) is 5.92 Å². The molecule has 118 valence electrons. The van der Waals surface area contributed by atoms with Gasteiger partial charge in [-0.25, -0.2) is 4.98 Å². The van der Waals surface area contributed by atoms with Gasteiger partial charge in [0.2, 0.25) is 5.88 Å². The summed E-state index contributed by atoms with van der Waals surface area (Å²) in [5, 5.41) is 3.84. The molecule has 0 saturated carbocycles. The van der Waals surface area contributed by atoms with Crippen LogP contribution < -0.4 is 4.74 Å². The molecule has 0 aromatic carbocycles. The molecule has 0 aliphatic carbocycles. The van der Waals surface area contributed by atoms with Gasteiger partial charge in [0.05, 0.1) is 12.8 Å². The maximum absolute atomic E-state index is 5.88. The minimum Gasteiger partial charge on any atom is -0.477 e. The Kier molecular flexibility index (Phi) is 4.73. The average molecular weight is 301 g/mol. The zero-order chi connectivity index (χ0) is 15.4. The first-order valence-electron chi connectivity index (χ1n) is 7.89. The Morgan fingerprint density at radius 1 is 1.32 bits per heavy atom. The van der Waals surface area contributed by atoms with E-state index in [0.717, 1.165) is 56.3 Å². The third-order valence-corrected chi connectivity index (χ3v) is 4.37. The number of aromatic nitrogens is 2. The van der Waals surface area contributed by atoms with Crippen molar-refractivity contribution in [2.45, 2.75) is 33.2 Å². The first-order chi connectivity index (χ1) is 10.7. The molecule has 22 heavy (non-hydrogen) atoms. The van der Waals surface area contributed by atoms with Gasteiger partial charge in [-0.05, 0) is 51.8 Å². The molecule has 1 fully saturated rings. The molecule has 0 atom stereocenters. The SMILES string of the molecule is Cc1cccnc1OCC1CCN(Cc2cnoc2C)CC1. The molecule has 1 aliphatic rings. The van der Waals surface area contributed by atoms with Gasteiger partial charge in [0.15, 0.2) is 0 Å². The largest absolute Gasteiger partial charge is 0.477 e. The highest BCUT2D eigenvalue weighted by molar-refractivity contribution is 5.23. The van der Waals surface area contributed by atoms with Gasteiger partial charge in [-0.15, -0.1) is 0 Å². The van der Waals surface area contributed by atoms with Crippen molar-refractivity contribution in [1.82, 2.24) is 15.0 Å². The number of nitrogens with zero attached hydrogens (tertiary/aromatic N) is 3. The molecule has 0 bridgehead atoms. The number of likely N-dealkylation sites (tertiary alicyclic amines) is 1. The van der Waals surface area contributed by atoms with Crippen LogP contribution in [-0.2, 0) is 6.54 Å². The Hall–Kier alpha value is -1.88. The van der Waals surface area contributed by atoms with Gasteiger partial charge in [-0.2, -0.15) is 0 Å². The minimum atomic E-state index is 0.612. The van der Waals surface area contributed by atoms with Crippen molar-refractivity contribution in [3.8, 4) is 5.88 Å². The van der Waals surface area contributed by atoms with Crippen LogP contribution in [0, 0.1) is 19.8 Å². The van der Waals surface area contributed by atoms with Crippen molar-refractivity contribution >= 4 is 0 Å². The van der Waals surface area contributed by atoms with Gasteiger partial charge < -0.3 is 9.26 Å². The third-order valence-electron chi connectivity index (χ3n) is 4.37. The van der Waals surface area contributed by atoms with Crippen LogP contribution in [-0.4, -0.2) is 34.7 Å². The molecule has 0 radical (unpaired) electrons. The smallest absolute Gasteiger partial charge is 0.216 e. The summed E-state index contributed by atoms with van der Waals surface area (Å²) in [6, 6.07) is 3.97. The van der Waals surface area contributed by atoms with E-state index in [-0.39, 0.29) is 0 Å². The molecule has 1 aliphatic heterocycles. The van der Waals surface area contributed by atoms with Crippen LogP contribution >= 0.6 is 0 Å². The van der Waals surface area contributed by atoms with Crippen LogP contribution in [0.3, 0.4) is 0 Å². The van der Waals surface area contributed by atoms with Crippen molar-refractivity contribution < 1.29 is 9.26 Å². The van der Waals surface area contributed by atoms with Gasteiger partial charge >= 0.3 is 0 Å². The summed E-state index contributed by atoms with van der Waals surface area (Å²) in [7, 11) is 0. The van der Waals surface area contributed by atoms with E-state index >= 15 is 0 Å². The normalized spacial score (nSPS) is 16.8. The van der Waals surface area contributed by atoms with Gasteiger partial charge in [0, 0.05) is 23.9 Å². The molecule has 5 nitrogen and oxygen atoms in total. The predicted molar refractivity (Wildman–Crippen MR) is 83.7 cm³/mol. The maximum atomic E-state index is 5.88. The van der Waals surface area contributed by atoms with Crippen molar-refractivity contribution in [1.29, 1.82) is 0 Å². The van der Waals surface area contributed by atoms with E-state index in [1.807, 2.05) is 32.2 Å². The molecule has 5 heteroatoms. The number of hydrogen-bond acceptors (Lipinski definition) is 5. The fourth-order valence-electron chi connectivity index (χ4n) is 2.84. The van der Waals surface area contributed by atoms with Gasteiger partial charge in [-0.3, -0.25) is 4.90 Å². The van der Waals surface area contributed by atoms with Crippen LogP contribution in [0.25, 0.3) is 0 Å². The second kappa shape index (κ2) is 6.92. The lowest BCUT2D eigenvalue weighted by molar-refractivity contribution is 0.134. The molecule has 3 heterocycles. The second-order valence-electron chi connectivity index (χ2n) is 6.06. The van der Waals surface area contributed by atoms with E-state index in [2.05, 4.69) is 15.0 Å². The standard InChI is InChI=1S/C17H23N3O2/c1-13-4-3-7-18-17(13)21-12-15-5-8-20(9-6-15)11-16-10-19-22-14(16)2/h3-4,7,10,15H,5-6,8-9,11-12H2,1-2H3. The number of piperidine rings is 1. The molecule has 3 rings (SSSR count). The van der Waals surface area contributed by atoms with Gasteiger partial charge in [0.25, 0.3) is 0 Å². The second-order valence-corrected chi connectivity index (χ2v) is 6.06. The lowest BCUT2D eigenvalue weighted by Crippen LogP contribution is -2.35. The maximum Gasteiger partial charge on any atom is 0.216 e. The van der Waals surface area contributed by atoms with Crippen molar-refractivity contribution in [3.05, 3.63) is 41.4 Å². The molecule has 0 spiro atoms. The Morgan fingerprint density at radius 2 is 2.14 bits per heavy atom. The Labute approximate surface area is 131 Å². The Morgan fingerprint density at radius 3 is 2.82 bits per heavy atom. The number of aryl methyl sites for hydroxylation is 2. The van der Waals surface area contributed by atoms with Crippen LogP contribution in [0.4, 0.5) is 0 Å². The summed E-state index contributed by atoms with van der Waals surface area (Å²) in [6.07, 6.45) is 5.94. The summed E-state index contributed by atoms with van der Waals surface area (Å²) < 4.78 is 11.0. The number of rotatable bonds is 5. The fourth-order valence-corrected chi connectivity index (χ4v) is 2.84. The third kappa shape index (κ3) is 3.65. The highest BCUT2D eigenvalue weighted by Crippen LogP contribution is 2.22. The molecule has 2 aromatic heterocycles. The molecule has 0 unspecified atom stereocenters. The molecule has 0 N–H and O–H groups in total. The fraction of sp³-hybridized carbons (Fsp3) is 0.529. The number of pyridine rings is 1. The Balaban J connectivity index is 1.44. The minimum absolute atomic E-state index is 0.612. The van der Waals surface area contributed by atoms with Gasteiger partial charge in [0.1, 0.15) is 5.76 Å². The summed E-state index contributed by atoms with van der Waals surface area (Å²) in [4.78, 5) is 6.75. The van der Waals surface area contributed by atoms with Crippen molar-refractivity contribution in [3.63, 3.8) is 0 Å². The molecule has 0 amide bonds. The molecule has 2 aromatic rings. The van der Waals surface area contributed by atoms with E-state index in [0.29, 0.717) is 5.92 Å². The summed E-state index contributed by atoms with van der Waals surface area (Å²) in [6.45, 7) is 7.89. The van der Waals surface area contributed by atoms with E-state index < -0.39 is 0 Å². The highest BCUT2D eigenvalue weighted by Gasteiger charge is 2.21. The topological polar surface area (TPSA) is 51.4 Å². The lowest BCUT2D eigenvalue weighted by atomic mass is 9.97. The number of ether oxygens (including phenoxy) is 1. The van der Waals surface area contributed by atoms with Gasteiger partial charge in [-0.1, -0.05) is 11.2 Å². The molecular formula is C17H23N3O2. The van der Waals surface area contributed by atoms with Crippen LogP contribution in [0.5, 0.6) is 5.88 Å². The summed E-state index contributed by atoms with van der Waals surface area (Å²) >= 11 is 0. The summed E-state index contributed by atoms with van der Waals surface area (Å²) in [5.74, 6) is 2.31. The van der Waals surface area contributed by atoms with E-state index in [1.165, 1.54) is 5.56 Å². The zero-order valence-electron chi connectivity index (χ0n) is 13.3. The Bertz CT molecular complexity index is 603. The van der Waals surface area contributed by atoms with E-state index in [4.69, 9.17) is 9.26 Å². The first kappa shape index (κ1) is 15.0. The van der Waals surface area contributed by atoms with Crippen LogP contribution in [0.2, 0.25) is 0 Å². The molecular weight excluding hydrogens is 278 g/mol. The zero-order valence-corrected chi connectivity index (χ0v) is 13.3. The van der Waals surface area contributed by atoms with Crippen molar-refractivity contribution in [2.75, 3.05) is 19.7 Å². The lowest BCUT2D eigenvalue weighted by Gasteiger charge is -2.31. The average Bonchev–Trinajstić information content (AvgIpc) is 2.93. The monoisotopic (exact) mass is 301 g/mol. The number of hydrogen-bond donors (Lipinski definition) is 0. The summed E-state index contributed by atoms with van der Waals surface area (Å²) in [5.41, 5.74) is 2.29. The quantitative estimate of drug-likeness (QED) is 0.850. The van der Waals surface area contributed by atoms with Crippen LogP contribution in [0.1, 0.15) is 29.7 Å². The molecule has 1 saturated heterocycles. The van der Waals surface area contributed by atoms with E-state index in [1.54, 1.807) is 6.20 Å².